The molecule has 2 aromatic rings. The minimum Gasteiger partial charge on any atom is -0.368 e. The van der Waals surface area contributed by atoms with Crippen molar-refractivity contribution in [2.45, 2.75) is 25.8 Å². The van der Waals surface area contributed by atoms with Crippen LogP contribution < -0.4 is 10.6 Å². The first-order chi connectivity index (χ1) is 10.2. The summed E-state index contributed by atoms with van der Waals surface area (Å²) < 4.78 is 14.4. The quantitative estimate of drug-likeness (QED) is 0.915. The molecule has 110 valence electrons. The van der Waals surface area contributed by atoms with Gasteiger partial charge in [0.1, 0.15) is 5.82 Å². The molecular formula is C18H21FN2. The molecular weight excluding hydrogens is 263 g/mol. The third-order valence-electron chi connectivity index (χ3n) is 4.25. The van der Waals surface area contributed by atoms with E-state index in [1.54, 1.807) is 6.07 Å². The normalized spacial score (nSPS) is 16.2. The molecule has 0 saturated carbocycles. The average molecular weight is 284 g/mol. The van der Waals surface area contributed by atoms with Crippen LogP contribution in [0.15, 0.2) is 42.5 Å². The smallest absolute Gasteiger partial charge is 0.146 e. The molecule has 0 amide bonds. The molecule has 3 rings (SSSR count). The summed E-state index contributed by atoms with van der Waals surface area (Å²) in [4.78, 5) is 2.15. The number of hydrogen-bond donors (Lipinski definition) is 1. The number of para-hydroxylation sites is 1. The summed E-state index contributed by atoms with van der Waals surface area (Å²) in [6.45, 7) is 3.57. The van der Waals surface area contributed by atoms with Crippen molar-refractivity contribution in [3.8, 4) is 0 Å². The molecule has 0 unspecified atom stereocenters. The van der Waals surface area contributed by atoms with Crippen LogP contribution >= 0.6 is 0 Å². The van der Waals surface area contributed by atoms with Gasteiger partial charge in [-0.1, -0.05) is 36.4 Å². The van der Waals surface area contributed by atoms with Gasteiger partial charge >= 0.3 is 0 Å². The number of hydrogen-bond acceptors (Lipinski definition) is 2. The molecule has 21 heavy (non-hydrogen) atoms. The summed E-state index contributed by atoms with van der Waals surface area (Å²) in [6, 6.07) is 13.5. The highest BCUT2D eigenvalue weighted by molar-refractivity contribution is 5.57. The third kappa shape index (κ3) is 2.79. The van der Waals surface area contributed by atoms with Gasteiger partial charge in [0, 0.05) is 19.1 Å². The Morgan fingerprint density at radius 1 is 1.00 bits per heavy atom. The Labute approximate surface area is 125 Å². The molecule has 0 radical (unpaired) electrons. The Hall–Kier alpha value is -1.87. The summed E-state index contributed by atoms with van der Waals surface area (Å²) in [5.41, 5.74) is 10.3. The van der Waals surface area contributed by atoms with Crippen molar-refractivity contribution in [2.75, 3.05) is 18.0 Å². The number of fused-ring (bicyclic) bond motifs is 1. The maximum atomic E-state index is 14.4. The number of benzene rings is 2. The van der Waals surface area contributed by atoms with E-state index in [0.29, 0.717) is 5.69 Å². The maximum absolute atomic E-state index is 14.4. The third-order valence-corrected chi connectivity index (χ3v) is 4.25. The van der Waals surface area contributed by atoms with E-state index in [9.17, 15) is 4.39 Å². The number of nitrogens with zero attached hydrogens (tertiary/aromatic N) is 1. The Kier molecular flexibility index (Phi) is 3.93. The van der Waals surface area contributed by atoms with E-state index in [4.69, 9.17) is 5.73 Å². The fourth-order valence-corrected chi connectivity index (χ4v) is 3.12. The van der Waals surface area contributed by atoms with Gasteiger partial charge in [0.2, 0.25) is 0 Å². The van der Waals surface area contributed by atoms with Crippen LogP contribution in [-0.2, 0) is 12.8 Å². The van der Waals surface area contributed by atoms with Crippen LogP contribution in [0.5, 0.6) is 0 Å². The molecule has 0 bridgehead atoms. The van der Waals surface area contributed by atoms with Gasteiger partial charge in [0.25, 0.3) is 0 Å². The first-order valence-electron chi connectivity index (χ1n) is 7.52. The van der Waals surface area contributed by atoms with Gasteiger partial charge in [-0.05, 0) is 42.5 Å². The molecule has 0 aromatic heterocycles. The number of halogens is 1. The summed E-state index contributed by atoms with van der Waals surface area (Å²) >= 11 is 0. The van der Waals surface area contributed by atoms with Crippen molar-refractivity contribution < 1.29 is 4.39 Å². The van der Waals surface area contributed by atoms with Crippen LogP contribution in [0.25, 0.3) is 0 Å². The highest BCUT2D eigenvalue weighted by Gasteiger charge is 2.20. The van der Waals surface area contributed by atoms with Crippen molar-refractivity contribution in [3.63, 3.8) is 0 Å². The summed E-state index contributed by atoms with van der Waals surface area (Å²) in [5.74, 6) is -0.171. The SMILES string of the molecule is C[C@H](N)c1cccc(F)c1N1CCc2ccccc2CC1. The van der Waals surface area contributed by atoms with Gasteiger partial charge in [0.05, 0.1) is 5.69 Å². The summed E-state index contributed by atoms with van der Waals surface area (Å²) in [6.07, 6.45) is 1.89. The molecule has 1 aliphatic heterocycles. The van der Waals surface area contributed by atoms with Crippen LogP contribution in [0, 0.1) is 5.82 Å². The number of anilines is 1. The topological polar surface area (TPSA) is 29.3 Å². The van der Waals surface area contributed by atoms with E-state index < -0.39 is 0 Å². The summed E-state index contributed by atoms with van der Waals surface area (Å²) in [7, 11) is 0. The van der Waals surface area contributed by atoms with Gasteiger partial charge in [-0.15, -0.1) is 0 Å². The standard InChI is InChI=1S/C18H21FN2/c1-13(20)16-7-4-8-17(19)18(16)21-11-9-14-5-2-3-6-15(14)10-12-21/h2-8,13H,9-12,20H2,1H3/t13-/m0/s1. The van der Waals surface area contributed by atoms with E-state index in [-0.39, 0.29) is 11.9 Å². The molecule has 2 nitrogen and oxygen atoms in total. The second-order valence-electron chi connectivity index (χ2n) is 5.72. The van der Waals surface area contributed by atoms with Crippen molar-refractivity contribution >= 4 is 5.69 Å². The van der Waals surface area contributed by atoms with Crippen LogP contribution in [-0.4, -0.2) is 13.1 Å². The van der Waals surface area contributed by atoms with Gasteiger partial charge in [0.15, 0.2) is 0 Å². The van der Waals surface area contributed by atoms with Crippen molar-refractivity contribution in [3.05, 3.63) is 65.0 Å². The number of rotatable bonds is 2. The molecule has 1 atom stereocenters. The lowest BCUT2D eigenvalue weighted by Gasteiger charge is -2.27. The van der Waals surface area contributed by atoms with Crippen LogP contribution in [0.2, 0.25) is 0 Å². The molecule has 0 aliphatic carbocycles. The summed E-state index contributed by atoms with van der Waals surface area (Å²) in [5, 5.41) is 0. The minimum absolute atomic E-state index is 0.165. The Balaban J connectivity index is 1.93. The predicted octanol–water partition coefficient (Wildman–Crippen LogP) is 3.45. The monoisotopic (exact) mass is 284 g/mol. The molecule has 2 aromatic carbocycles. The van der Waals surface area contributed by atoms with E-state index >= 15 is 0 Å². The molecule has 0 saturated heterocycles. The van der Waals surface area contributed by atoms with Crippen molar-refractivity contribution in [2.24, 2.45) is 5.73 Å². The van der Waals surface area contributed by atoms with E-state index in [1.807, 2.05) is 13.0 Å². The molecule has 0 spiro atoms. The Morgan fingerprint density at radius 3 is 2.19 bits per heavy atom. The minimum atomic E-state index is -0.171. The molecule has 2 N–H and O–H groups in total. The van der Waals surface area contributed by atoms with E-state index in [2.05, 4.69) is 29.2 Å². The van der Waals surface area contributed by atoms with Gasteiger partial charge < -0.3 is 10.6 Å². The largest absolute Gasteiger partial charge is 0.368 e. The first-order valence-corrected chi connectivity index (χ1v) is 7.52. The van der Waals surface area contributed by atoms with Gasteiger partial charge in [-0.25, -0.2) is 4.39 Å². The molecule has 3 heteroatoms. The Morgan fingerprint density at radius 2 is 1.62 bits per heavy atom. The zero-order valence-electron chi connectivity index (χ0n) is 12.3. The zero-order valence-corrected chi connectivity index (χ0v) is 12.3. The zero-order chi connectivity index (χ0) is 14.8. The second-order valence-corrected chi connectivity index (χ2v) is 5.72. The van der Waals surface area contributed by atoms with E-state index in [0.717, 1.165) is 31.5 Å². The Bertz CT molecular complexity index is 610. The average Bonchev–Trinajstić information content (AvgIpc) is 2.69. The van der Waals surface area contributed by atoms with Gasteiger partial charge in [-0.3, -0.25) is 0 Å². The van der Waals surface area contributed by atoms with Gasteiger partial charge in [-0.2, -0.15) is 0 Å². The van der Waals surface area contributed by atoms with E-state index in [1.165, 1.54) is 17.2 Å². The van der Waals surface area contributed by atoms with Crippen LogP contribution in [0.3, 0.4) is 0 Å². The van der Waals surface area contributed by atoms with Crippen molar-refractivity contribution in [1.82, 2.24) is 0 Å². The lowest BCUT2D eigenvalue weighted by molar-refractivity contribution is 0.610. The second kappa shape index (κ2) is 5.86. The fourth-order valence-electron chi connectivity index (χ4n) is 3.12. The lowest BCUT2D eigenvalue weighted by atomic mass is 10.0. The van der Waals surface area contributed by atoms with Crippen LogP contribution in [0.1, 0.15) is 29.7 Å². The highest BCUT2D eigenvalue weighted by Crippen LogP contribution is 2.30. The van der Waals surface area contributed by atoms with Crippen molar-refractivity contribution in [1.29, 1.82) is 0 Å². The highest BCUT2D eigenvalue weighted by atomic mass is 19.1. The molecule has 1 aliphatic rings. The molecule has 1 heterocycles. The first kappa shape index (κ1) is 14.1. The maximum Gasteiger partial charge on any atom is 0.146 e. The number of nitrogens with two attached hydrogens (primary N) is 1. The fraction of sp³-hybridized carbons (Fsp3) is 0.333. The molecule has 0 fully saturated rings. The van der Waals surface area contributed by atoms with Crippen LogP contribution in [0.4, 0.5) is 10.1 Å². The lowest BCUT2D eigenvalue weighted by Crippen LogP contribution is -2.29. The predicted molar refractivity (Wildman–Crippen MR) is 85.1 cm³/mol.